The third kappa shape index (κ3) is 4.55. The minimum absolute atomic E-state index is 0.305. The third-order valence-corrected chi connectivity index (χ3v) is 5.52. The molecule has 0 amide bonds. The summed E-state index contributed by atoms with van der Waals surface area (Å²) >= 11 is 6.80. The van der Waals surface area contributed by atoms with E-state index in [0.29, 0.717) is 28.2 Å². The number of nitrogens with one attached hydrogen (secondary N) is 2. The highest BCUT2D eigenvalue weighted by atomic mass is 32.1. The van der Waals surface area contributed by atoms with E-state index in [0.717, 1.165) is 16.0 Å². The number of aromatic nitrogens is 3. The number of nitrogens with zero attached hydrogens (tertiary/aromatic N) is 3. The van der Waals surface area contributed by atoms with E-state index >= 15 is 0 Å². The molecule has 1 aromatic carbocycles. The lowest BCUT2D eigenvalue weighted by Gasteiger charge is -2.08. The second kappa shape index (κ2) is 8.49. The summed E-state index contributed by atoms with van der Waals surface area (Å²) < 4.78 is 6.61. The third-order valence-electron chi connectivity index (χ3n) is 4.19. The molecule has 3 rings (SSSR count). The summed E-state index contributed by atoms with van der Waals surface area (Å²) in [4.78, 5) is 17.3. The van der Waals surface area contributed by atoms with Crippen LogP contribution in [0, 0.1) is 20.8 Å². The van der Waals surface area contributed by atoms with E-state index < -0.39 is 5.97 Å². The van der Waals surface area contributed by atoms with Gasteiger partial charge in [0, 0.05) is 4.88 Å². The monoisotopic (exact) mass is 415 g/mol. The summed E-state index contributed by atoms with van der Waals surface area (Å²) in [5.74, 6) is -0.0116. The smallest absolute Gasteiger partial charge is 0.341 e. The predicted molar refractivity (Wildman–Crippen MR) is 115 cm³/mol. The fraction of sp³-hybridized carbons (Fsp3) is 0.263. The van der Waals surface area contributed by atoms with Crippen molar-refractivity contribution in [3.63, 3.8) is 0 Å². The van der Waals surface area contributed by atoms with Crippen molar-refractivity contribution in [2.24, 2.45) is 0 Å². The highest BCUT2D eigenvalue weighted by molar-refractivity contribution is 7.80. The summed E-state index contributed by atoms with van der Waals surface area (Å²) in [6, 6.07) is 8.22. The number of ether oxygens (including phenoxy) is 1. The van der Waals surface area contributed by atoms with E-state index in [4.69, 9.17) is 17.0 Å². The van der Waals surface area contributed by atoms with Crippen molar-refractivity contribution >= 4 is 45.6 Å². The molecule has 0 saturated carbocycles. The van der Waals surface area contributed by atoms with Gasteiger partial charge in [-0.15, -0.1) is 16.4 Å². The lowest BCUT2D eigenvalue weighted by Crippen LogP contribution is -2.21. The number of thiocarbonyl (C=S) groups is 1. The SMILES string of the molecule is COC(=O)c1c(NC(=S)Nc2ncn(Cc3cccc(C)c3)n2)sc(C)c1C. The normalized spacial score (nSPS) is 10.6. The van der Waals surface area contributed by atoms with Crippen LogP contribution in [0.4, 0.5) is 10.9 Å². The Hall–Kier alpha value is -2.78. The van der Waals surface area contributed by atoms with Crippen molar-refractivity contribution < 1.29 is 9.53 Å². The molecule has 0 atom stereocenters. The number of benzene rings is 1. The van der Waals surface area contributed by atoms with Gasteiger partial charge < -0.3 is 10.1 Å². The van der Waals surface area contributed by atoms with Gasteiger partial charge in [-0.25, -0.2) is 14.5 Å². The van der Waals surface area contributed by atoms with Gasteiger partial charge in [0.25, 0.3) is 0 Å². The van der Waals surface area contributed by atoms with Crippen LogP contribution in [0.15, 0.2) is 30.6 Å². The van der Waals surface area contributed by atoms with Gasteiger partial charge in [-0.2, -0.15) is 0 Å². The van der Waals surface area contributed by atoms with Crippen molar-refractivity contribution in [2.75, 3.05) is 17.7 Å². The summed E-state index contributed by atoms with van der Waals surface area (Å²) in [6.07, 6.45) is 1.65. The van der Waals surface area contributed by atoms with E-state index in [9.17, 15) is 4.79 Å². The fourth-order valence-electron chi connectivity index (χ4n) is 2.72. The molecule has 2 N–H and O–H groups in total. The zero-order valence-electron chi connectivity index (χ0n) is 16.1. The maximum Gasteiger partial charge on any atom is 0.341 e. The molecule has 0 spiro atoms. The fourth-order valence-corrected chi connectivity index (χ4v) is 4.04. The second-order valence-corrected chi connectivity index (χ2v) is 7.95. The van der Waals surface area contributed by atoms with Crippen LogP contribution in [0.2, 0.25) is 0 Å². The summed E-state index contributed by atoms with van der Waals surface area (Å²) in [5, 5.41) is 11.3. The Morgan fingerprint density at radius 1 is 1.29 bits per heavy atom. The first-order valence-electron chi connectivity index (χ1n) is 8.58. The molecule has 3 aromatic rings. The number of carbonyl (C=O) groups excluding carboxylic acids is 1. The molecule has 9 heteroatoms. The molecule has 28 heavy (non-hydrogen) atoms. The number of rotatable bonds is 5. The summed E-state index contributed by atoms with van der Waals surface area (Å²) in [5.41, 5.74) is 3.71. The molecule has 0 aliphatic rings. The summed E-state index contributed by atoms with van der Waals surface area (Å²) in [6.45, 7) is 6.50. The lowest BCUT2D eigenvalue weighted by atomic mass is 10.1. The Balaban J connectivity index is 1.67. The molecule has 2 aromatic heterocycles. The van der Waals surface area contributed by atoms with Crippen LogP contribution in [0.3, 0.4) is 0 Å². The molecule has 0 unspecified atom stereocenters. The zero-order valence-corrected chi connectivity index (χ0v) is 17.7. The second-order valence-electron chi connectivity index (χ2n) is 6.31. The first-order chi connectivity index (χ1) is 13.4. The number of carbonyl (C=O) groups is 1. The largest absolute Gasteiger partial charge is 0.465 e. The number of aryl methyl sites for hydroxylation is 2. The van der Waals surface area contributed by atoms with Crippen molar-refractivity contribution in [2.45, 2.75) is 27.3 Å². The first kappa shape index (κ1) is 20.0. The number of thiophene rings is 1. The molecule has 0 fully saturated rings. The Morgan fingerprint density at radius 2 is 2.07 bits per heavy atom. The average molecular weight is 416 g/mol. The van der Waals surface area contributed by atoms with Gasteiger partial charge in [-0.3, -0.25) is 5.32 Å². The van der Waals surface area contributed by atoms with Crippen LogP contribution in [0.1, 0.15) is 31.9 Å². The van der Waals surface area contributed by atoms with Gasteiger partial charge in [0.05, 0.1) is 19.2 Å². The van der Waals surface area contributed by atoms with E-state index in [-0.39, 0.29) is 0 Å². The number of methoxy groups -OCH3 is 1. The number of esters is 1. The van der Waals surface area contributed by atoms with E-state index in [1.165, 1.54) is 24.0 Å². The van der Waals surface area contributed by atoms with Gasteiger partial charge in [0.15, 0.2) is 5.11 Å². The average Bonchev–Trinajstić information content (AvgIpc) is 3.18. The van der Waals surface area contributed by atoms with E-state index in [2.05, 4.69) is 39.8 Å². The minimum Gasteiger partial charge on any atom is -0.465 e. The molecule has 0 aliphatic heterocycles. The first-order valence-corrected chi connectivity index (χ1v) is 9.81. The molecule has 0 aliphatic carbocycles. The van der Waals surface area contributed by atoms with Crippen LogP contribution in [0.5, 0.6) is 0 Å². The van der Waals surface area contributed by atoms with Crippen molar-refractivity contribution in [3.05, 3.63) is 57.7 Å². The molecule has 7 nitrogen and oxygen atoms in total. The standard InChI is InChI=1S/C19H21N5O2S2/c1-11-6-5-7-14(8-11)9-24-10-20-18(23-24)22-19(27)21-16-15(17(25)26-4)12(2)13(3)28-16/h5-8,10H,9H2,1-4H3,(H2,21,22,23,27). The van der Waals surface area contributed by atoms with Gasteiger partial charge in [-0.05, 0) is 44.1 Å². The molecule has 0 radical (unpaired) electrons. The number of hydrogen-bond acceptors (Lipinski definition) is 6. The van der Waals surface area contributed by atoms with E-state index in [1.807, 2.05) is 26.0 Å². The van der Waals surface area contributed by atoms with Gasteiger partial charge >= 0.3 is 5.97 Å². The lowest BCUT2D eigenvalue weighted by molar-refractivity contribution is 0.0601. The summed E-state index contributed by atoms with van der Waals surface area (Å²) in [7, 11) is 1.36. The van der Waals surface area contributed by atoms with Crippen molar-refractivity contribution in [1.29, 1.82) is 0 Å². The van der Waals surface area contributed by atoms with Crippen LogP contribution in [-0.2, 0) is 11.3 Å². The molecule has 2 heterocycles. The van der Waals surface area contributed by atoms with Crippen LogP contribution in [0.25, 0.3) is 0 Å². The van der Waals surface area contributed by atoms with Crippen LogP contribution >= 0.6 is 23.6 Å². The molecule has 0 saturated heterocycles. The zero-order chi connectivity index (χ0) is 20.3. The quantitative estimate of drug-likeness (QED) is 0.483. The van der Waals surface area contributed by atoms with Crippen LogP contribution in [-0.4, -0.2) is 33.0 Å². The Kier molecular flexibility index (Phi) is 6.05. The molecular weight excluding hydrogens is 394 g/mol. The predicted octanol–water partition coefficient (Wildman–Crippen LogP) is 3.91. The maximum absolute atomic E-state index is 12.1. The number of anilines is 2. The van der Waals surface area contributed by atoms with E-state index in [1.54, 1.807) is 11.0 Å². The highest BCUT2D eigenvalue weighted by Gasteiger charge is 2.21. The Bertz CT molecular complexity index is 1030. The Labute approximate surface area is 172 Å². The molecule has 0 bridgehead atoms. The molecule has 146 valence electrons. The van der Waals surface area contributed by atoms with Gasteiger partial charge in [-0.1, -0.05) is 29.8 Å². The minimum atomic E-state index is -0.396. The van der Waals surface area contributed by atoms with Gasteiger partial charge in [0.1, 0.15) is 11.3 Å². The topological polar surface area (TPSA) is 81.1 Å². The maximum atomic E-state index is 12.1. The number of hydrogen-bond donors (Lipinski definition) is 2. The highest BCUT2D eigenvalue weighted by Crippen LogP contribution is 2.33. The van der Waals surface area contributed by atoms with Crippen LogP contribution < -0.4 is 10.6 Å². The van der Waals surface area contributed by atoms with Crippen molar-refractivity contribution in [1.82, 2.24) is 14.8 Å². The molecular formula is C19H21N5O2S2. The van der Waals surface area contributed by atoms with Crippen molar-refractivity contribution in [3.8, 4) is 0 Å². The Morgan fingerprint density at radius 3 is 2.79 bits per heavy atom. The van der Waals surface area contributed by atoms with Gasteiger partial charge in [0.2, 0.25) is 5.95 Å².